The van der Waals surface area contributed by atoms with Crippen LogP contribution in [0.3, 0.4) is 0 Å². The molecule has 1 N–H and O–H groups in total. The van der Waals surface area contributed by atoms with Crippen molar-refractivity contribution in [1.29, 1.82) is 0 Å². The van der Waals surface area contributed by atoms with Crippen LogP contribution in [0.25, 0.3) is 0 Å². The number of anilines is 1. The fourth-order valence-corrected chi connectivity index (χ4v) is 3.85. The van der Waals surface area contributed by atoms with Crippen molar-refractivity contribution in [2.75, 3.05) is 11.9 Å². The van der Waals surface area contributed by atoms with Crippen LogP contribution in [-0.4, -0.2) is 35.1 Å². The molecule has 0 bridgehead atoms. The summed E-state index contributed by atoms with van der Waals surface area (Å²) in [4.78, 5) is 27.1. The molecule has 2 atom stereocenters. The Balaban J connectivity index is 1.38. The van der Waals surface area contributed by atoms with Crippen LogP contribution in [0.15, 0.2) is 48.5 Å². The molecule has 2 aromatic rings. The van der Waals surface area contributed by atoms with Crippen LogP contribution in [0, 0.1) is 12.8 Å². The zero-order valence-corrected chi connectivity index (χ0v) is 18.9. The van der Waals surface area contributed by atoms with E-state index >= 15 is 0 Å². The van der Waals surface area contributed by atoms with Gasteiger partial charge in [0.25, 0.3) is 5.91 Å². The molecular weight excluding hydrogens is 388 g/mol. The average Bonchev–Trinajstić information content (AvgIpc) is 3.60. The number of ether oxygens (including phenoxy) is 1. The Kier molecular flexibility index (Phi) is 5.78. The molecule has 2 aliphatic carbocycles. The summed E-state index contributed by atoms with van der Waals surface area (Å²) in [6.07, 6.45) is 3.16. The zero-order chi connectivity index (χ0) is 22.2. The third-order valence-corrected chi connectivity index (χ3v) is 5.85. The zero-order valence-electron chi connectivity index (χ0n) is 18.9. The lowest BCUT2D eigenvalue weighted by Gasteiger charge is -2.28. The predicted molar refractivity (Wildman–Crippen MR) is 122 cm³/mol. The molecule has 0 spiro atoms. The van der Waals surface area contributed by atoms with Gasteiger partial charge in [0.2, 0.25) is 0 Å². The van der Waals surface area contributed by atoms with Gasteiger partial charge in [-0.3, -0.25) is 4.79 Å². The Morgan fingerprint density at radius 3 is 2.26 bits per heavy atom. The normalized spacial score (nSPS) is 20.1. The summed E-state index contributed by atoms with van der Waals surface area (Å²) in [6.45, 7) is 8.53. The molecule has 0 radical (unpaired) electrons. The summed E-state index contributed by atoms with van der Waals surface area (Å²) in [7, 11) is 0. The van der Waals surface area contributed by atoms with Crippen molar-refractivity contribution in [2.24, 2.45) is 5.92 Å². The average molecular weight is 421 g/mol. The molecule has 0 aromatic heterocycles. The Labute approximate surface area is 184 Å². The largest absolute Gasteiger partial charge is 0.444 e. The molecule has 5 heteroatoms. The maximum Gasteiger partial charge on any atom is 0.410 e. The van der Waals surface area contributed by atoms with Crippen molar-refractivity contribution in [3.05, 3.63) is 65.2 Å². The van der Waals surface area contributed by atoms with E-state index in [0.29, 0.717) is 17.4 Å². The van der Waals surface area contributed by atoms with E-state index in [9.17, 15) is 9.59 Å². The minimum Gasteiger partial charge on any atom is -0.444 e. The van der Waals surface area contributed by atoms with E-state index in [1.54, 1.807) is 0 Å². The Hall–Kier alpha value is -2.82. The van der Waals surface area contributed by atoms with Gasteiger partial charge in [0.05, 0.1) is 0 Å². The molecule has 0 heterocycles. The van der Waals surface area contributed by atoms with Gasteiger partial charge in [0.15, 0.2) is 0 Å². The first-order valence-electron chi connectivity index (χ1n) is 11.2. The summed E-state index contributed by atoms with van der Waals surface area (Å²) in [6, 6.07) is 15.7. The van der Waals surface area contributed by atoms with Crippen LogP contribution in [0.4, 0.5) is 10.5 Å². The lowest BCUT2D eigenvalue weighted by atomic mass is 10.1. The van der Waals surface area contributed by atoms with Gasteiger partial charge in [-0.15, -0.1) is 0 Å². The van der Waals surface area contributed by atoms with Gasteiger partial charge >= 0.3 is 6.09 Å². The van der Waals surface area contributed by atoms with Gasteiger partial charge in [-0.1, -0.05) is 29.8 Å². The maximum atomic E-state index is 12.8. The minimum absolute atomic E-state index is 0.113. The van der Waals surface area contributed by atoms with E-state index in [0.717, 1.165) is 24.2 Å². The van der Waals surface area contributed by atoms with Crippen molar-refractivity contribution in [1.82, 2.24) is 4.90 Å². The van der Waals surface area contributed by atoms with Gasteiger partial charge in [-0.2, -0.15) is 0 Å². The number of aryl methyl sites for hydroxylation is 1. The predicted octanol–water partition coefficient (Wildman–Crippen LogP) is 5.75. The first-order chi connectivity index (χ1) is 14.7. The third kappa shape index (κ3) is 5.66. The lowest BCUT2D eigenvalue weighted by Crippen LogP contribution is -2.40. The molecule has 0 saturated heterocycles. The molecule has 0 unspecified atom stereocenters. The Morgan fingerprint density at radius 1 is 1.03 bits per heavy atom. The molecular formula is C26H32N2O3. The highest BCUT2D eigenvalue weighted by Crippen LogP contribution is 2.46. The van der Waals surface area contributed by atoms with Crippen LogP contribution in [-0.2, 0) is 4.74 Å². The molecule has 2 fully saturated rings. The molecule has 4 rings (SSSR count). The van der Waals surface area contributed by atoms with Crippen LogP contribution >= 0.6 is 0 Å². The molecule has 2 aromatic carbocycles. The molecule has 2 amide bonds. The number of hydrogen-bond acceptors (Lipinski definition) is 3. The van der Waals surface area contributed by atoms with E-state index in [1.165, 1.54) is 18.4 Å². The highest BCUT2D eigenvalue weighted by atomic mass is 16.6. The van der Waals surface area contributed by atoms with Crippen molar-refractivity contribution in [3.8, 4) is 0 Å². The lowest BCUT2D eigenvalue weighted by molar-refractivity contribution is 0.0220. The van der Waals surface area contributed by atoms with Gasteiger partial charge in [0, 0.05) is 29.8 Å². The van der Waals surface area contributed by atoms with Gasteiger partial charge < -0.3 is 15.0 Å². The second-order valence-electron chi connectivity index (χ2n) is 9.93. The van der Waals surface area contributed by atoms with Crippen LogP contribution in [0.1, 0.15) is 67.4 Å². The fourth-order valence-electron chi connectivity index (χ4n) is 3.85. The minimum atomic E-state index is -0.486. The number of amides is 2. The second-order valence-corrected chi connectivity index (χ2v) is 9.93. The van der Waals surface area contributed by atoms with Gasteiger partial charge in [0.1, 0.15) is 5.60 Å². The second kappa shape index (κ2) is 8.37. The SMILES string of the molecule is Cc1ccc(C(=O)Nc2ccc([C@@H]3C[C@H]3N(CC3CC3)C(=O)OC(C)(C)C)cc2)cc1. The van der Waals surface area contributed by atoms with Crippen LogP contribution in [0.5, 0.6) is 0 Å². The number of carbonyl (C=O) groups excluding carboxylic acids is 2. The molecule has 5 nitrogen and oxygen atoms in total. The number of hydrogen-bond donors (Lipinski definition) is 1. The molecule has 2 aliphatic rings. The standard InChI is InChI=1S/C26H32N2O3/c1-17-5-9-20(10-6-17)24(29)27-21-13-11-19(12-14-21)22-15-23(22)28(16-18-7-8-18)25(30)31-26(2,3)4/h5-6,9-14,18,22-23H,7-8,15-16H2,1-4H3,(H,27,29)/t22-,23+/m0/s1. The van der Waals surface area contributed by atoms with E-state index in [4.69, 9.17) is 4.74 Å². The number of benzene rings is 2. The summed E-state index contributed by atoms with van der Waals surface area (Å²) in [5.74, 6) is 0.832. The monoisotopic (exact) mass is 420 g/mol. The summed E-state index contributed by atoms with van der Waals surface area (Å²) < 4.78 is 5.67. The molecule has 164 valence electrons. The Morgan fingerprint density at radius 2 is 1.68 bits per heavy atom. The molecule has 2 saturated carbocycles. The van der Waals surface area contributed by atoms with Crippen LogP contribution < -0.4 is 5.32 Å². The van der Waals surface area contributed by atoms with Crippen molar-refractivity contribution in [2.45, 2.75) is 64.5 Å². The Bertz CT molecular complexity index is 940. The highest BCUT2D eigenvalue weighted by Gasteiger charge is 2.47. The van der Waals surface area contributed by atoms with E-state index in [-0.39, 0.29) is 18.0 Å². The summed E-state index contributed by atoms with van der Waals surface area (Å²) in [5, 5.41) is 2.95. The van der Waals surface area contributed by atoms with Crippen molar-refractivity contribution in [3.63, 3.8) is 0 Å². The quantitative estimate of drug-likeness (QED) is 0.647. The maximum absolute atomic E-state index is 12.8. The molecule has 0 aliphatic heterocycles. The van der Waals surface area contributed by atoms with Crippen LogP contribution in [0.2, 0.25) is 0 Å². The van der Waals surface area contributed by atoms with Crippen molar-refractivity contribution < 1.29 is 14.3 Å². The number of rotatable bonds is 6. The first-order valence-corrected chi connectivity index (χ1v) is 11.2. The van der Waals surface area contributed by atoms with E-state index in [1.807, 2.05) is 69.0 Å². The third-order valence-electron chi connectivity index (χ3n) is 5.85. The summed E-state index contributed by atoms with van der Waals surface area (Å²) in [5.41, 5.74) is 3.25. The van der Waals surface area contributed by atoms with E-state index < -0.39 is 5.60 Å². The number of carbonyl (C=O) groups is 2. The van der Waals surface area contributed by atoms with Crippen molar-refractivity contribution >= 4 is 17.7 Å². The smallest absolute Gasteiger partial charge is 0.410 e. The molecule has 31 heavy (non-hydrogen) atoms. The van der Waals surface area contributed by atoms with Gasteiger partial charge in [-0.25, -0.2) is 4.79 Å². The van der Waals surface area contributed by atoms with E-state index in [2.05, 4.69) is 17.4 Å². The first kappa shape index (κ1) is 21.4. The topological polar surface area (TPSA) is 58.6 Å². The number of nitrogens with one attached hydrogen (secondary N) is 1. The fraction of sp³-hybridized carbons (Fsp3) is 0.462. The summed E-state index contributed by atoms with van der Waals surface area (Å²) >= 11 is 0. The highest BCUT2D eigenvalue weighted by molar-refractivity contribution is 6.04. The number of nitrogens with zero attached hydrogens (tertiary/aromatic N) is 1. The van der Waals surface area contributed by atoms with Gasteiger partial charge in [-0.05, 0) is 82.7 Å².